The number of hydrogen-bond acceptors (Lipinski definition) is 5. The predicted molar refractivity (Wildman–Crippen MR) is 119 cm³/mol. The van der Waals surface area contributed by atoms with Crippen molar-refractivity contribution < 1.29 is 9.57 Å². The molecule has 2 aromatic rings. The lowest BCUT2D eigenvalue weighted by Gasteiger charge is -2.26. The molecule has 26 heavy (non-hydrogen) atoms. The second kappa shape index (κ2) is 9.27. The molecule has 1 atom stereocenters. The van der Waals surface area contributed by atoms with Crippen molar-refractivity contribution >= 4 is 56.9 Å². The number of hydrogen-bond donors (Lipinski definition) is 1. The van der Waals surface area contributed by atoms with Gasteiger partial charge in [-0.15, -0.1) is 0 Å². The van der Waals surface area contributed by atoms with Crippen molar-refractivity contribution in [2.24, 2.45) is 5.16 Å². The van der Waals surface area contributed by atoms with Gasteiger partial charge in [0, 0.05) is 15.2 Å². The van der Waals surface area contributed by atoms with Crippen LogP contribution in [0.15, 0.2) is 48.3 Å². The van der Waals surface area contributed by atoms with E-state index in [2.05, 4.69) is 50.7 Å². The zero-order valence-electron chi connectivity index (χ0n) is 15.0. The normalized spacial score (nSPS) is 12.8. The maximum Gasteiger partial charge on any atom is 0.146 e. The van der Waals surface area contributed by atoms with Gasteiger partial charge in [-0.3, -0.25) is 4.98 Å². The van der Waals surface area contributed by atoms with E-state index in [1.54, 1.807) is 12.3 Å². The quantitative estimate of drug-likeness (QED) is 0.150. The first kappa shape index (κ1) is 20.6. The predicted octanol–water partition coefficient (Wildman–Crippen LogP) is 4.49. The maximum atomic E-state index is 5.99. The maximum absolute atomic E-state index is 5.99. The van der Waals surface area contributed by atoms with Crippen LogP contribution in [-0.2, 0) is 4.84 Å². The number of aromatic nitrogens is 1. The summed E-state index contributed by atoms with van der Waals surface area (Å²) in [4.78, 5) is 10.0. The van der Waals surface area contributed by atoms with E-state index in [1.165, 1.54) is 0 Å². The Morgan fingerprint density at radius 1 is 1.46 bits per heavy atom. The third-order valence-corrected chi connectivity index (χ3v) is 4.41. The Morgan fingerprint density at radius 2 is 2.23 bits per heavy atom. The lowest BCUT2D eigenvalue weighted by Crippen LogP contribution is -2.48. The lowest BCUT2D eigenvalue weighted by molar-refractivity contribution is 0.174. The Kier molecular flexibility index (Phi) is 7.33. The van der Waals surface area contributed by atoms with Crippen LogP contribution in [0.3, 0.4) is 0 Å². The third-order valence-electron chi connectivity index (χ3n) is 3.39. The van der Waals surface area contributed by atoms with Crippen molar-refractivity contribution in [2.45, 2.75) is 32.4 Å². The molecule has 0 amide bonds. The molecule has 0 fully saturated rings. The summed E-state index contributed by atoms with van der Waals surface area (Å²) in [6, 6.07) is 7.88. The van der Waals surface area contributed by atoms with Crippen molar-refractivity contribution in [3.05, 3.63) is 46.7 Å². The first-order chi connectivity index (χ1) is 12.3. The van der Waals surface area contributed by atoms with Gasteiger partial charge in [0.25, 0.3) is 0 Å². The number of fused-ring (bicyclic) bond motifs is 1. The van der Waals surface area contributed by atoms with E-state index >= 15 is 0 Å². The second-order valence-electron chi connectivity index (χ2n) is 6.30. The van der Waals surface area contributed by atoms with Crippen LogP contribution in [0, 0.1) is 3.57 Å². The molecule has 138 valence electrons. The number of pyridine rings is 1. The Morgan fingerprint density at radius 3 is 2.96 bits per heavy atom. The van der Waals surface area contributed by atoms with Crippen LogP contribution >= 0.6 is 34.8 Å². The van der Waals surface area contributed by atoms with Gasteiger partial charge in [0.2, 0.25) is 0 Å². The van der Waals surface area contributed by atoms with Gasteiger partial charge in [-0.05, 0) is 67.6 Å². The number of nitrogens with one attached hydrogen (secondary N) is 1. The van der Waals surface area contributed by atoms with Crippen LogP contribution in [0.25, 0.3) is 10.9 Å². The number of oxime groups is 1. The minimum Gasteiger partial charge on any atom is -0.484 e. The standard InChI is InChI=1S/C19H22IN3O2S/c1-5-8-24-22-12-19(3,4)23-18(26)13(2)25-16-6-7-17-14(10-16)9-15(20)11-21-17/h5-7,9-13H,1,8H2,2-4H3,(H,23,26). The fraction of sp³-hybridized carbons (Fsp3) is 0.316. The number of thiocarbonyl (C=S) groups is 1. The Labute approximate surface area is 173 Å². The summed E-state index contributed by atoms with van der Waals surface area (Å²) in [6.07, 6.45) is 4.85. The highest BCUT2D eigenvalue weighted by Crippen LogP contribution is 2.22. The van der Waals surface area contributed by atoms with E-state index in [9.17, 15) is 0 Å². The van der Waals surface area contributed by atoms with Crippen molar-refractivity contribution in [3.63, 3.8) is 0 Å². The number of halogens is 1. The summed E-state index contributed by atoms with van der Waals surface area (Å²) in [6.45, 7) is 9.76. The molecule has 1 unspecified atom stereocenters. The fourth-order valence-electron chi connectivity index (χ4n) is 2.13. The molecule has 0 aliphatic carbocycles. The monoisotopic (exact) mass is 483 g/mol. The van der Waals surface area contributed by atoms with Gasteiger partial charge < -0.3 is 14.9 Å². The average Bonchev–Trinajstić information content (AvgIpc) is 2.58. The van der Waals surface area contributed by atoms with Crippen LogP contribution < -0.4 is 10.1 Å². The Hall–Kier alpha value is -1.74. The molecule has 0 bridgehead atoms. The van der Waals surface area contributed by atoms with Crippen molar-refractivity contribution in [1.29, 1.82) is 0 Å². The molecule has 0 spiro atoms. The van der Waals surface area contributed by atoms with Gasteiger partial charge >= 0.3 is 0 Å². The van der Waals surface area contributed by atoms with Crippen molar-refractivity contribution in [2.75, 3.05) is 6.61 Å². The first-order valence-corrected chi connectivity index (χ1v) is 9.61. The number of rotatable bonds is 8. The molecule has 1 N–H and O–H groups in total. The number of nitrogens with zero attached hydrogens (tertiary/aromatic N) is 2. The molecule has 0 aliphatic rings. The van der Waals surface area contributed by atoms with E-state index in [-0.39, 0.29) is 6.10 Å². The van der Waals surface area contributed by atoms with Crippen LogP contribution in [0.1, 0.15) is 20.8 Å². The molecular weight excluding hydrogens is 461 g/mol. The number of ether oxygens (including phenoxy) is 1. The average molecular weight is 483 g/mol. The van der Waals surface area contributed by atoms with Crippen LogP contribution in [-0.4, -0.2) is 34.4 Å². The van der Waals surface area contributed by atoms with E-state index in [1.807, 2.05) is 45.2 Å². The fourth-order valence-corrected chi connectivity index (χ4v) is 2.92. The van der Waals surface area contributed by atoms with Gasteiger partial charge in [-0.25, -0.2) is 0 Å². The number of benzene rings is 1. The highest BCUT2D eigenvalue weighted by Gasteiger charge is 2.20. The second-order valence-corrected chi connectivity index (χ2v) is 7.98. The Balaban J connectivity index is 2.00. The van der Waals surface area contributed by atoms with E-state index in [0.717, 1.165) is 20.2 Å². The summed E-state index contributed by atoms with van der Waals surface area (Å²) in [7, 11) is 0. The SMILES string of the molecule is C=CCON=CC(C)(C)NC(=S)C(C)Oc1ccc2ncc(I)cc2c1. The highest BCUT2D eigenvalue weighted by molar-refractivity contribution is 14.1. The molecule has 0 saturated heterocycles. The van der Waals surface area contributed by atoms with E-state index in [0.29, 0.717) is 11.6 Å². The van der Waals surface area contributed by atoms with Crippen molar-refractivity contribution in [3.8, 4) is 5.75 Å². The summed E-state index contributed by atoms with van der Waals surface area (Å²) in [5.41, 5.74) is 0.474. The minimum absolute atomic E-state index is 0.292. The molecule has 1 heterocycles. The first-order valence-electron chi connectivity index (χ1n) is 8.12. The van der Waals surface area contributed by atoms with Crippen LogP contribution in [0.2, 0.25) is 0 Å². The summed E-state index contributed by atoms with van der Waals surface area (Å²) in [5, 5.41) is 8.18. The highest BCUT2D eigenvalue weighted by atomic mass is 127. The molecule has 0 radical (unpaired) electrons. The van der Waals surface area contributed by atoms with Crippen LogP contribution in [0.5, 0.6) is 5.75 Å². The molecule has 7 heteroatoms. The van der Waals surface area contributed by atoms with Crippen molar-refractivity contribution in [1.82, 2.24) is 10.3 Å². The molecular formula is C19H22IN3O2S. The van der Waals surface area contributed by atoms with Gasteiger partial charge in [-0.2, -0.15) is 0 Å². The molecule has 1 aromatic carbocycles. The zero-order chi connectivity index (χ0) is 19.2. The Bertz CT molecular complexity index is 824. The molecule has 0 aliphatic heterocycles. The summed E-state index contributed by atoms with van der Waals surface area (Å²) >= 11 is 7.72. The smallest absolute Gasteiger partial charge is 0.146 e. The minimum atomic E-state index is -0.459. The van der Waals surface area contributed by atoms with Gasteiger partial charge in [0.15, 0.2) is 0 Å². The third kappa shape index (κ3) is 6.21. The topological polar surface area (TPSA) is 55.7 Å². The van der Waals surface area contributed by atoms with E-state index in [4.69, 9.17) is 21.8 Å². The van der Waals surface area contributed by atoms with Gasteiger partial charge in [-0.1, -0.05) is 30.0 Å². The van der Waals surface area contributed by atoms with Gasteiger partial charge in [0.1, 0.15) is 23.4 Å². The summed E-state index contributed by atoms with van der Waals surface area (Å²) in [5.74, 6) is 0.749. The molecule has 1 aromatic heterocycles. The lowest BCUT2D eigenvalue weighted by atomic mass is 10.1. The van der Waals surface area contributed by atoms with E-state index < -0.39 is 5.54 Å². The van der Waals surface area contributed by atoms with Crippen LogP contribution in [0.4, 0.5) is 0 Å². The largest absolute Gasteiger partial charge is 0.484 e. The van der Waals surface area contributed by atoms with Gasteiger partial charge in [0.05, 0.1) is 17.3 Å². The zero-order valence-corrected chi connectivity index (χ0v) is 18.0. The molecule has 0 saturated carbocycles. The molecule has 2 rings (SSSR count). The summed E-state index contributed by atoms with van der Waals surface area (Å²) < 4.78 is 7.07. The molecule has 5 nitrogen and oxygen atoms in total.